The number of hydrogen-bond acceptors (Lipinski definition) is 3. The van der Waals surface area contributed by atoms with E-state index in [1.54, 1.807) is 16.9 Å². The molecule has 2 N–H and O–H groups in total. The number of carbonyl (C=O) groups excluding carboxylic acids is 1. The van der Waals surface area contributed by atoms with E-state index < -0.39 is 11.9 Å². The lowest BCUT2D eigenvalue weighted by Crippen LogP contribution is -2.34. The number of carboxylic acid groups (broad SMARTS) is 1. The van der Waals surface area contributed by atoms with Crippen LogP contribution in [0.3, 0.4) is 0 Å². The monoisotopic (exact) mass is 376 g/mol. The largest absolute Gasteiger partial charge is 0.481 e. The summed E-state index contributed by atoms with van der Waals surface area (Å²) in [6.07, 6.45) is 2.07. The van der Waals surface area contributed by atoms with Crippen LogP contribution in [0.5, 0.6) is 0 Å². The molecule has 1 aromatic heterocycles. The maximum atomic E-state index is 12.5. The Morgan fingerprint density at radius 1 is 1.35 bits per heavy atom. The first kappa shape index (κ1) is 18.3. The number of benzene rings is 1. The van der Waals surface area contributed by atoms with Crippen LogP contribution in [0.15, 0.2) is 30.5 Å². The topological polar surface area (TPSA) is 87.5 Å². The molecular weight excluding hydrogens is 356 g/mol. The van der Waals surface area contributed by atoms with Gasteiger partial charge in [0.25, 0.3) is 0 Å². The second kappa shape index (κ2) is 7.37. The Hall–Kier alpha value is -2.54. The molecule has 3 rings (SSSR count). The molecule has 2 aromatic rings. The number of anilines is 1. The number of carbonyl (C=O) groups is 2. The minimum Gasteiger partial charge on any atom is -0.481 e. The molecule has 1 aromatic carbocycles. The van der Waals surface area contributed by atoms with Gasteiger partial charge < -0.3 is 15.3 Å². The van der Waals surface area contributed by atoms with Crippen LogP contribution in [0.4, 0.5) is 10.5 Å². The van der Waals surface area contributed by atoms with Crippen LogP contribution in [0.2, 0.25) is 5.02 Å². The molecule has 1 aliphatic rings. The van der Waals surface area contributed by atoms with Crippen LogP contribution in [0.25, 0.3) is 5.69 Å². The summed E-state index contributed by atoms with van der Waals surface area (Å²) in [6, 6.07) is 7.07. The van der Waals surface area contributed by atoms with Gasteiger partial charge in [-0.25, -0.2) is 9.48 Å². The van der Waals surface area contributed by atoms with E-state index in [4.69, 9.17) is 16.7 Å². The Labute approximate surface area is 156 Å². The zero-order valence-electron chi connectivity index (χ0n) is 14.6. The Bertz CT molecular complexity index is 834. The predicted octanol–water partition coefficient (Wildman–Crippen LogP) is 3.59. The fraction of sp³-hybridized carbons (Fsp3) is 0.389. The van der Waals surface area contributed by atoms with Crippen LogP contribution >= 0.6 is 11.6 Å². The summed E-state index contributed by atoms with van der Waals surface area (Å²) in [5.41, 5.74) is 2.18. The molecule has 0 radical (unpaired) electrons. The van der Waals surface area contributed by atoms with Crippen molar-refractivity contribution in [2.24, 2.45) is 5.92 Å². The zero-order chi connectivity index (χ0) is 18.8. The number of urea groups is 1. The van der Waals surface area contributed by atoms with Crippen LogP contribution < -0.4 is 5.32 Å². The lowest BCUT2D eigenvalue weighted by molar-refractivity contribution is -0.141. The average Bonchev–Trinajstić information content (AvgIpc) is 3.22. The highest BCUT2D eigenvalue weighted by Crippen LogP contribution is 2.30. The molecule has 1 atom stereocenters. The van der Waals surface area contributed by atoms with Gasteiger partial charge in [0.1, 0.15) is 0 Å². The van der Waals surface area contributed by atoms with Crippen LogP contribution in [0.1, 0.15) is 31.9 Å². The maximum Gasteiger partial charge on any atom is 0.321 e. The highest BCUT2D eigenvalue weighted by atomic mass is 35.5. The van der Waals surface area contributed by atoms with Crippen molar-refractivity contribution in [1.29, 1.82) is 0 Å². The van der Waals surface area contributed by atoms with Crippen molar-refractivity contribution in [2.45, 2.75) is 26.2 Å². The molecule has 1 aliphatic heterocycles. The Kier molecular flexibility index (Phi) is 5.18. The first-order valence-corrected chi connectivity index (χ1v) is 8.87. The van der Waals surface area contributed by atoms with Crippen molar-refractivity contribution >= 4 is 29.3 Å². The van der Waals surface area contributed by atoms with E-state index in [1.807, 2.05) is 32.0 Å². The number of aromatic nitrogens is 2. The molecular formula is C18H21ClN4O3. The third-order valence-corrected chi connectivity index (χ3v) is 4.82. The summed E-state index contributed by atoms with van der Waals surface area (Å²) < 4.78 is 1.73. The van der Waals surface area contributed by atoms with E-state index in [2.05, 4.69) is 10.4 Å². The van der Waals surface area contributed by atoms with E-state index in [0.717, 1.165) is 11.4 Å². The Morgan fingerprint density at radius 2 is 2.08 bits per heavy atom. The van der Waals surface area contributed by atoms with Gasteiger partial charge in [-0.05, 0) is 24.5 Å². The van der Waals surface area contributed by atoms with Crippen molar-refractivity contribution in [2.75, 3.05) is 18.4 Å². The molecule has 0 bridgehead atoms. The second-order valence-electron chi connectivity index (χ2n) is 6.66. The molecule has 2 amide bonds. The van der Waals surface area contributed by atoms with Gasteiger partial charge in [0.15, 0.2) is 0 Å². The van der Waals surface area contributed by atoms with Gasteiger partial charge in [0.05, 0.1) is 34.2 Å². The van der Waals surface area contributed by atoms with Gasteiger partial charge in [0.2, 0.25) is 0 Å². The van der Waals surface area contributed by atoms with Crippen molar-refractivity contribution < 1.29 is 14.7 Å². The summed E-state index contributed by atoms with van der Waals surface area (Å²) in [5, 5.41) is 16.9. The average molecular weight is 377 g/mol. The SMILES string of the molecule is CC(C)c1c(NC(=O)N2CCC(C(=O)O)C2)cnn1-c1ccccc1Cl. The lowest BCUT2D eigenvalue weighted by atomic mass is 10.1. The number of hydrogen-bond donors (Lipinski definition) is 2. The maximum absolute atomic E-state index is 12.5. The Balaban J connectivity index is 1.84. The summed E-state index contributed by atoms with van der Waals surface area (Å²) in [4.78, 5) is 25.1. The standard InChI is InChI=1S/C18H21ClN4O3/c1-11(2)16-14(9-20-23(16)15-6-4-3-5-13(15)19)21-18(26)22-8-7-12(10-22)17(24)25/h3-6,9,11-12H,7-8,10H2,1-2H3,(H,21,26)(H,24,25). The number of nitrogens with one attached hydrogen (secondary N) is 1. The summed E-state index contributed by atoms with van der Waals surface area (Å²) >= 11 is 6.29. The number of halogens is 1. The zero-order valence-corrected chi connectivity index (χ0v) is 15.4. The van der Waals surface area contributed by atoms with Crippen LogP contribution in [-0.4, -0.2) is 44.9 Å². The van der Waals surface area contributed by atoms with Gasteiger partial charge in [-0.2, -0.15) is 5.10 Å². The molecule has 138 valence electrons. The summed E-state index contributed by atoms with van der Waals surface area (Å²) in [6.45, 7) is 4.67. The number of aliphatic carboxylic acids is 1. The van der Waals surface area contributed by atoms with Crippen molar-refractivity contribution in [1.82, 2.24) is 14.7 Å². The first-order chi connectivity index (χ1) is 12.4. The fourth-order valence-electron chi connectivity index (χ4n) is 3.17. The van der Waals surface area contributed by atoms with Crippen LogP contribution in [0, 0.1) is 5.92 Å². The molecule has 1 fully saturated rings. The van der Waals surface area contributed by atoms with Gasteiger partial charge >= 0.3 is 12.0 Å². The minimum absolute atomic E-state index is 0.0921. The number of carboxylic acids is 1. The molecule has 26 heavy (non-hydrogen) atoms. The number of rotatable bonds is 4. The van der Waals surface area contributed by atoms with E-state index in [0.29, 0.717) is 23.7 Å². The van der Waals surface area contributed by atoms with Gasteiger partial charge in [0, 0.05) is 13.1 Å². The smallest absolute Gasteiger partial charge is 0.321 e. The van der Waals surface area contributed by atoms with E-state index in [-0.39, 0.29) is 18.5 Å². The summed E-state index contributed by atoms with van der Waals surface area (Å²) in [5.74, 6) is -1.28. The lowest BCUT2D eigenvalue weighted by Gasteiger charge is -2.18. The molecule has 7 nitrogen and oxygen atoms in total. The quantitative estimate of drug-likeness (QED) is 0.853. The molecule has 1 unspecified atom stereocenters. The number of amides is 2. The van der Waals surface area contributed by atoms with Gasteiger partial charge in [-0.3, -0.25) is 4.79 Å². The van der Waals surface area contributed by atoms with Crippen molar-refractivity contribution in [3.63, 3.8) is 0 Å². The first-order valence-electron chi connectivity index (χ1n) is 8.50. The third kappa shape index (κ3) is 3.53. The predicted molar refractivity (Wildman–Crippen MR) is 99.0 cm³/mol. The van der Waals surface area contributed by atoms with Crippen LogP contribution in [-0.2, 0) is 4.79 Å². The number of nitrogens with zero attached hydrogens (tertiary/aromatic N) is 3. The third-order valence-electron chi connectivity index (χ3n) is 4.50. The molecule has 2 heterocycles. The number of likely N-dealkylation sites (tertiary alicyclic amines) is 1. The van der Waals surface area contributed by atoms with E-state index in [1.165, 1.54) is 4.90 Å². The molecule has 8 heteroatoms. The second-order valence-corrected chi connectivity index (χ2v) is 7.07. The Morgan fingerprint density at radius 3 is 2.69 bits per heavy atom. The highest BCUT2D eigenvalue weighted by molar-refractivity contribution is 6.32. The fourth-order valence-corrected chi connectivity index (χ4v) is 3.38. The minimum atomic E-state index is -0.866. The van der Waals surface area contributed by atoms with Gasteiger partial charge in [-0.1, -0.05) is 37.6 Å². The van der Waals surface area contributed by atoms with Gasteiger partial charge in [-0.15, -0.1) is 0 Å². The summed E-state index contributed by atoms with van der Waals surface area (Å²) in [7, 11) is 0. The highest BCUT2D eigenvalue weighted by Gasteiger charge is 2.31. The molecule has 0 spiro atoms. The van der Waals surface area contributed by atoms with E-state index >= 15 is 0 Å². The number of para-hydroxylation sites is 1. The van der Waals surface area contributed by atoms with E-state index in [9.17, 15) is 9.59 Å². The van der Waals surface area contributed by atoms with Crippen molar-refractivity contribution in [3.8, 4) is 5.69 Å². The molecule has 0 aliphatic carbocycles. The molecule has 1 saturated heterocycles. The van der Waals surface area contributed by atoms with Crippen molar-refractivity contribution in [3.05, 3.63) is 41.2 Å². The normalized spacial score (nSPS) is 16.9. The molecule has 0 saturated carbocycles.